The van der Waals surface area contributed by atoms with E-state index in [1.807, 2.05) is 0 Å². The van der Waals surface area contributed by atoms with Crippen molar-refractivity contribution < 1.29 is 18.3 Å². The van der Waals surface area contributed by atoms with Crippen LogP contribution in [0.2, 0.25) is 0 Å². The monoisotopic (exact) mass is 204 g/mol. The van der Waals surface area contributed by atoms with Crippen LogP contribution in [0, 0.1) is 17.5 Å². The summed E-state index contributed by atoms with van der Waals surface area (Å²) >= 11 is 0. The molecule has 4 heteroatoms. The Balaban J connectivity index is 2.89. The molecule has 0 aliphatic rings. The van der Waals surface area contributed by atoms with Crippen molar-refractivity contribution in [1.29, 1.82) is 0 Å². The second-order valence-corrected chi connectivity index (χ2v) is 3.14. The van der Waals surface area contributed by atoms with Crippen LogP contribution in [0.15, 0.2) is 12.1 Å². The van der Waals surface area contributed by atoms with Gasteiger partial charge in [0.25, 0.3) is 0 Å². The largest absolute Gasteiger partial charge is 0.393 e. The molecule has 0 saturated carbocycles. The third-order valence-electron chi connectivity index (χ3n) is 1.99. The summed E-state index contributed by atoms with van der Waals surface area (Å²) in [7, 11) is 0. The van der Waals surface area contributed by atoms with Crippen molar-refractivity contribution >= 4 is 0 Å². The molecule has 0 heterocycles. The lowest BCUT2D eigenvalue weighted by Crippen LogP contribution is -2.09. The van der Waals surface area contributed by atoms with E-state index in [0.717, 1.165) is 12.1 Å². The molecule has 0 bridgehead atoms. The van der Waals surface area contributed by atoms with Gasteiger partial charge >= 0.3 is 0 Å². The van der Waals surface area contributed by atoms with Gasteiger partial charge in [-0.2, -0.15) is 0 Å². The molecule has 1 aromatic rings. The standard InChI is InChI=1S/C10H11F3O/c1-2-7(14)3-6-4-8(11)10(13)9(12)5-6/h4-5,7,14H,2-3H2,1H3. The first-order chi connectivity index (χ1) is 6.54. The van der Waals surface area contributed by atoms with Crippen molar-refractivity contribution in [2.45, 2.75) is 25.9 Å². The molecular weight excluding hydrogens is 193 g/mol. The average molecular weight is 204 g/mol. The van der Waals surface area contributed by atoms with Gasteiger partial charge in [0.2, 0.25) is 0 Å². The fourth-order valence-electron chi connectivity index (χ4n) is 1.14. The Hall–Kier alpha value is -1.03. The average Bonchev–Trinajstić information content (AvgIpc) is 2.14. The number of benzene rings is 1. The smallest absolute Gasteiger partial charge is 0.194 e. The number of aliphatic hydroxyl groups is 1. The first kappa shape index (κ1) is 11.0. The Kier molecular flexibility index (Phi) is 3.52. The lowest BCUT2D eigenvalue weighted by atomic mass is 10.1. The number of halogens is 3. The van der Waals surface area contributed by atoms with Crippen molar-refractivity contribution in [2.24, 2.45) is 0 Å². The summed E-state index contributed by atoms with van der Waals surface area (Å²) in [5.74, 6) is -3.91. The summed E-state index contributed by atoms with van der Waals surface area (Å²) < 4.78 is 37.9. The predicted octanol–water partition coefficient (Wildman–Crippen LogP) is 2.42. The van der Waals surface area contributed by atoms with Gasteiger partial charge in [0.05, 0.1) is 6.10 Å². The number of rotatable bonds is 3. The van der Waals surface area contributed by atoms with Crippen molar-refractivity contribution in [3.8, 4) is 0 Å². The van der Waals surface area contributed by atoms with E-state index < -0.39 is 23.6 Å². The number of hydrogen-bond donors (Lipinski definition) is 1. The quantitative estimate of drug-likeness (QED) is 0.749. The Morgan fingerprint density at radius 1 is 1.21 bits per heavy atom. The molecule has 0 radical (unpaired) electrons. The van der Waals surface area contributed by atoms with Gasteiger partial charge in [-0.3, -0.25) is 0 Å². The van der Waals surface area contributed by atoms with Crippen LogP contribution in [0.1, 0.15) is 18.9 Å². The second kappa shape index (κ2) is 4.46. The highest BCUT2D eigenvalue weighted by molar-refractivity contribution is 5.20. The van der Waals surface area contributed by atoms with E-state index in [-0.39, 0.29) is 12.0 Å². The maximum Gasteiger partial charge on any atom is 0.194 e. The second-order valence-electron chi connectivity index (χ2n) is 3.14. The molecule has 0 aromatic heterocycles. The highest BCUT2D eigenvalue weighted by Gasteiger charge is 2.12. The highest BCUT2D eigenvalue weighted by Crippen LogP contribution is 2.15. The SMILES string of the molecule is CCC(O)Cc1cc(F)c(F)c(F)c1. The molecule has 0 amide bonds. The van der Waals surface area contributed by atoms with Crippen LogP contribution in [0.3, 0.4) is 0 Å². The topological polar surface area (TPSA) is 20.2 Å². The van der Waals surface area contributed by atoms with Gasteiger partial charge in [-0.15, -0.1) is 0 Å². The van der Waals surface area contributed by atoms with Crippen molar-refractivity contribution in [3.05, 3.63) is 35.1 Å². The summed E-state index contributed by atoms with van der Waals surface area (Å²) in [6, 6.07) is 1.80. The van der Waals surface area contributed by atoms with E-state index >= 15 is 0 Å². The van der Waals surface area contributed by atoms with E-state index in [0.29, 0.717) is 6.42 Å². The lowest BCUT2D eigenvalue weighted by Gasteiger charge is -2.07. The molecule has 0 spiro atoms. The molecule has 0 aliphatic heterocycles. The fraction of sp³-hybridized carbons (Fsp3) is 0.400. The van der Waals surface area contributed by atoms with E-state index in [9.17, 15) is 18.3 Å². The minimum absolute atomic E-state index is 0.130. The molecule has 0 saturated heterocycles. The van der Waals surface area contributed by atoms with Crippen LogP contribution in [0.25, 0.3) is 0 Å². The van der Waals surface area contributed by atoms with E-state index in [2.05, 4.69) is 0 Å². The van der Waals surface area contributed by atoms with Crippen molar-refractivity contribution in [1.82, 2.24) is 0 Å². The van der Waals surface area contributed by atoms with E-state index in [1.165, 1.54) is 0 Å². The fourth-order valence-corrected chi connectivity index (χ4v) is 1.14. The minimum Gasteiger partial charge on any atom is -0.393 e. The van der Waals surface area contributed by atoms with Gasteiger partial charge in [0, 0.05) is 0 Å². The molecule has 0 aliphatic carbocycles. The molecule has 1 N–H and O–H groups in total. The maximum atomic E-state index is 12.7. The van der Waals surface area contributed by atoms with Gasteiger partial charge in [0.15, 0.2) is 17.5 Å². The molecule has 14 heavy (non-hydrogen) atoms. The predicted molar refractivity (Wildman–Crippen MR) is 46.3 cm³/mol. The zero-order chi connectivity index (χ0) is 10.7. The first-order valence-corrected chi connectivity index (χ1v) is 4.36. The third-order valence-corrected chi connectivity index (χ3v) is 1.99. The maximum absolute atomic E-state index is 12.7. The van der Waals surface area contributed by atoms with Crippen LogP contribution in [-0.2, 0) is 6.42 Å². The molecule has 78 valence electrons. The Morgan fingerprint density at radius 2 is 1.71 bits per heavy atom. The van der Waals surface area contributed by atoms with Crippen LogP contribution in [0.5, 0.6) is 0 Å². The van der Waals surface area contributed by atoms with Gasteiger partial charge in [0.1, 0.15) is 0 Å². The molecule has 1 aromatic carbocycles. The molecular formula is C10H11F3O. The summed E-state index contributed by atoms with van der Waals surface area (Å²) in [4.78, 5) is 0. The van der Waals surface area contributed by atoms with Crippen LogP contribution >= 0.6 is 0 Å². The number of aliphatic hydroxyl groups excluding tert-OH is 1. The Bertz CT molecular complexity index is 302. The molecule has 1 atom stereocenters. The summed E-state index contributed by atoms with van der Waals surface area (Å²) in [5, 5.41) is 9.22. The van der Waals surface area contributed by atoms with Crippen LogP contribution < -0.4 is 0 Å². The zero-order valence-electron chi connectivity index (χ0n) is 7.73. The van der Waals surface area contributed by atoms with E-state index in [1.54, 1.807) is 6.92 Å². The van der Waals surface area contributed by atoms with Crippen molar-refractivity contribution in [2.75, 3.05) is 0 Å². The Labute approximate surface area is 80.2 Å². The van der Waals surface area contributed by atoms with Crippen LogP contribution in [0.4, 0.5) is 13.2 Å². The van der Waals surface area contributed by atoms with Gasteiger partial charge in [-0.1, -0.05) is 6.92 Å². The zero-order valence-corrected chi connectivity index (χ0v) is 7.73. The number of hydrogen-bond acceptors (Lipinski definition) is 1. The summed E-state index contributed by atoms with van der Waals surface area (Å²) in [6.07, 6.45) is -0.0372. The van der Waals surface area contributed by atoms with Gasteiger partial charge < -0.3 is 5.11 Å². The van der Waals surface area contributed by atoms with Crippen molar-refractivity contribution in [3.63, 3.8) is 0 Å². The van der Waals surface area contributed by atoms with E-state index in [4.69, 9.17) is 0 Å². The summed E-state index contributed by atoms with van der Waals surface area (Å²) in [5.41, 5.74) is 0.260. The highest BCUT2D eigenvalue weighted by atomic mass is 19.2. The third kappa shape index (κ3) is 2.48. The summed E-state index contributed by atoms with van der Waals surface area (Å²) in [6.45, 7) is 1.75. The first-order valence-electron chi connectivity index (χ1n) is 4.36. The Morgan fingerprint density at radius 3 is 2.14 bits per heavy atom. The van der Waals surface area contributed by atoms with Gasteiger partial charge in [-0.25, -0.2) is 13.2 Å². The van der Waals surface area contributed by atoms with Gasteiger partial charge in [-0.05, 0) is 30.5 Å². The normalized spacial score (nSPS) is 12.9. The molecule has 1 unspecified atom stereocenters. The molecule has 0 fully saturated rings. The van der Waals surface area contributed by atoms with Crippen LogP contribution in [-0.4, -0.2) is 11.2 Å². The molecule has 1 rings (SSSR count). The minimum atomic E-state index is -1.47. The molecule has 1 nitrogen and oxygen atoms in total. The lowest BCUT2D eigenvalue weighted by molar-refractivity contribution is 0.170.